The van der Waals surface area contributed by atoms with E-state index in [1.54, 1.807) is 19.1 Å². The Kier molecular flexibility index (Phi) is 5.74. The van der Waals surface area contributed by atoms with E-state index in [0.717, 1.165) is 5.70 Å². The molecule has 1 aliphatic heterocycles. The van der Waals surface area contributed by atoms with Crippen molar-refractivity contribution in [1.29, 1.82) is 0 Å². The molecule has 0 aromatic heterocycles. The zero-order chi connectivity index (χ0) is 23.9. The van der Waals surface area contributed by atoms with Crippen molar-refractivity contribution < 1.29 is 23.8 Å². The molecule has 0 spiro atoms. The molecule has 3 N–H and O–H groups in total. The van der Waals surface area contributed by atoms with E-state index in [0.29, 0.717) is 40.9 Å². The van der Waals surface area contributed by atoms with Gasteiger partial charge >= 0.3 is 0 Å². The third-order valence-electron chi connectivity index (χ3n) is 6.12. The van der Waals surface area contributed by atoms with Crippen LogP contribution in [-0.2, 0) is 9.59 Å². The van der Waals surface area contributed by atoms with Gasteiger partial charge in [-0.25, -0.2) is 4.39 Å². The van der Waals surface area contributed by atoms with E-state index < -0.39 is 17.6 Å². The van der Waals surface area contributed by atoms with Gasteiger partial charge in [0.05, 0.1) is 7.11 Å². The molecule has 0 radical (unpaired) electrons. The van der Waals surface area contributed by atoms with Crippen molar-refractivity contribution >= 4 is 17.4 Å². The van der Waals surface area contributed by atoms with Crippen molar-refractivity contribution in [2.45, 2.75) is 39.5 Å². The zero-order valence-corrected chi connectivity index (χ0v) is 19.1. The number of ether oxygens (including phenoxy) is 1. The number of carbonyl (C=O) groups is 2. The molecule has 1 amide bonds. The molecule has 2 aromatic rings. The maximum atomic E-state index is 13.5. The zero-order valence-electron chi connectivity index (χ0n) is 19.1. The highest BCUT2D eigenvalue weighted by Gasteiger charge is 2.42. The van der Waals surface area contributed by atoms with Crippen LogP contribution in [0.2, 0.25) is 0 Å². The molecule has 0 bridgehead atoms. The van der Waals surface area contributed by atoms with Gasteiger partial charge in [-0.2, -0.15) is 0 Å². The lowest BCUT2D eigenvalue weighted by Gasteiger charge is -2.39. The van der Waals surface area contributed by atoms with Gasteiger partial charge in [0.1, 0.15) is 5.82 Å². The molecule has 2 aromatic carbocycles. The lowest BCUT2D eigenvalue weighted by atomic mass is 9.68. The number of phenols is 1. The van der Waals surface area contributed by atoms with Crippen LogP contribution in [0, 0.1) is 11.2 Å². The van der Waals surface area contributed by atoms with Gasteiger partial charge in [0.2, 0.25) is 0 Å². The predicted octanol–water partition coefficient (Wildman–Crippen LogP) is 4.78. The molecule has 6 nitrogen and oxygen atoms in total. The molecule has 1 atom stereocenters. The number of amides is 1. The average Bonchev–Trinajstić information content (AvgIpc) is 2.73. The van der Waals surface area contributed by atoms with Crippen LogP contribution >= 0.6 is 0 Å². The summed E-state index contributed by atoms with van der Waals surface area (Å²) in [4.78, 5) is 26.8. The summed E-state index contributed by atoms with van der Waals surface area (Å²) < 4.78 is 18.6. The summed E-state index contributed by atoms with van der Waals surface area (Å²) >= 11 is 0. The maximum absolute atomic E-state index is 13.5. The normalized spacial score (nSPS) is 19.7. The first-order chi connectivity index (χ1) is 15.6. The molecule has 0 saturated carbocycles. The first-order valence-electron chi connectivity index (χ1n) is 10.8. The minimum Gasteiger partial charge on any atom is -0.504 e. The number of rotatable bonds is 4. The second-order valence-corrected chi connectivity index (χ2v) is 9.32. The van der Waals surface area contributed by atoms with Gasteiger partial charge in [-0.1, -0.05) is 19.9 Å². The number of nitrogens with one attached hydrogen (secondary N) is 2. The largest absolute Gasteiger partial charge is 0.504 e. The summed E-state index contributed by atoms with van der Waals surface area (Å²) in [5, 5.41) is 16.2. The molecular weight excluding hydrogens is 423 g/mol. The van der Waals surface area contributed by atoms with E-state index >= 15 is 0 Å². The lowest BCUT2D eigenvalue weighted by molar-refractivity contribution is -0.118. The van der Waals surface area contributed by atoms with Crippen LogP contribution in [-0.4, -0.2) is 23.9 Å². The second-order valence-electron chi connectivity index (χ2n) is 9.32. The van der Waals surface area contributed by atoms with Crippen LogP contribution in [0.15, 0.2) is 65.0 Å². The summed E-state index contributed by atoms with van der Waals surface area (Å²) in [6.45, 7) is 5.90. The first kappa shape index (κ1) is 22.6. The SMILES string of the molecule is COc1cc([C@H]2C(C(=O)Nc3ccc(F)cc3)=C(C)NC3=C2C(=O)CC(C)(C)C3)ccc1O. The number of dihydropyridines is 1. The Bertz CT molecular complexity index is 1200. The lowest BCUT2D eigenvalue weighted by Crippen LogP contribution is -2.39. The number of Topliss-reactive ketones (excluding diaryl/α,β-unsaturated/α-hetero) is 1. The monoisotopic (exact) mass is 450 g/mol. The van der Waals surface area contributed by atoms with Gasteiger partial charge in [-0.05, 0) is 60.7 Å². The summed E-state index contributed by atoms with van der Waals surface area (Å²) in [7, 11) is 1.45. The highest BCUT2D eigenvalue weighted by molar-refractivity contribution is 6.10. The van der Waals surface area contributed by atoms with Crippen molar-refractivity contribution in [3.63, 3.8) is 0 Å². The van der Waals surface area contributed by atoms with Gasteiger partial charge in [0, 0.05) is 40.6 Å². The summed E-state index contributed by atoms with van der Waals surface area (Å²) in [5.74, 6) is -1.23. The minimum absolute atomic E-state index is 0.0228. The van der Waals surface area contributed by atoms with E-state index in [2.05, 4.69) is 10.6 Å². The molecule has 1 aliphatic carbocycles. The minimum atomic E-state index is -0.639. The quantitative estimate of drug-likeness (QED) is 0.624. The number of benzene rings is 2. The van der Waals surface area contributed by atoms with Gasteiger partial charge in [-0.15, -0.1) is 0 Å². The number of halogens is 1. The van der Waals surface area contributed by atoms with Crippen LogP contribution in [0.3, 0.4) is 0 Å². The molecular formula is C26H27FN2O4. The second kappa shape index (κ2) is 8.39. The Hall–Kier alpha value is -3.61. The van der Waals surface area contributed by atoms with Crippen LogP contribution in [0.4, 0.5) is 10.1 Å². The molecule has 1 heterocycles. The molecule has 172 valence electrons. The van der Waals surface area contributed by atoms with Crippen LogP contribution in [0.25, 0.3) is 0 Å². The number of hydrogen-bond acceptors (Lipinski definition) is 5. The van der Waals surface area contributed by atoms with Crippen LogP contribution < -0.4 is 15.4 Å². The average molecular weight is 451 g/mol. The molecule has 0 saturated heterocycles. The number of hydrogen-bond donors (Lipinski definition) is 3. The number of carbonyl (C=O) groups excluding carboxylic acids is 2. The van der Waals surface area contributed by atoms with Gasteiger partial charge in [0.15, 0.2) is 17.3 Å². The summed E-state index contributed by atoms with van der Waals surface area (Å²) in [6.07, 6.45) is 1.04. The van der Waals surface area contributed by atoms with Crippen molar-refractivity contribution in [1.82, 2.24) is 5.32 Å². The number of ketones is 1. The van der Waals surface area contributed by atoms with Crippen LogP contribution in [0.5, 0.6) is 11.5 Å². The number of methoxy groups -OCH3 is 1. The number of allylic oxidation sites excluding steroid dienone is 3. The van der Waals surface area contributed by atoms with E-state index in [1.807, 2.05) is 13.8 Å². The predicted molar refractivity (Wildman–Crippen MR) is 123 cm³/mol. The molecule has 2 aliphatic rings. The number of aromatic hydroxyl groups is 1. The fraction of sp³-hybridized carbons (Fsp3) is 0.308. The molecule has 0 fully saturated rings. The Morgan fingerprint density at radius 2 is 1.88 bits per heavy atom. The smallest absolute Gasteiger partial charge is 0.254 e. The Balaban J connectivity index is 1.83. The standard InChI is InChI=1S/C26H27FN2O4/c1-14-22(25(32)29-17-8-6-16(27)7-9-17)23(15-5-10-19(30)21(11-15)33-4)24-18(28-14)12-26(2,3)13-20(24)31/h5-11,23,28,30H,12-13H2,1-4H3,(H,29,32)/t23-/m0/s1. The van der Waals surface area contributed by atoms with Crippen LogP contribution in [0.1, 0.15) is 45.1 Å². The highest BCUT2D eigenvalue weighted by atomic mass is 19.1. The maximum Gasteiger partial charge on any atom is 0.254 e. The summed E-state index contributed by atoms with van der Waals surface area (Å²) in [6, 6.07) is 10.4. The third-order valence-corrected chi connectivity index (χ3v) is 6.12. The third kappa shape index (κ3) is 4.35. The van der Waals surface area contributed by atoms with Crippen molar-refractivity contribution in [3.05, 3.63) is 76.4 Å². The van der Waals surface area contributed by atoms with Crippen molar-refractivity contribution in [3.8, 4) is 11.5 Å². The van der Waals surface area contributed by atoms with E-state index in [4.69, 9.17) is 4.74 Å². The van der Waals surface area contributed by atoms with Crippen molar-refractivity contribution in [2.24, 2.45) is 5.41 Å². The van der Waals surface area contributed by atoms with Gasteiger partial charge in [-0.3, -0.25) is 9.59 Å². The van der Waals surface area contributed by atoms with E-state index in [-0.39, 0.29) is 22.7 Å². The fourth-order valence-electron chi connectivity index (χ4n) is 4.68. The van der Waals surface area contributed by atoms with Gasteiger partial charge in [0.25, 0.3) is 5.91 Å². The Morgan fingerprint density at radius 3 is 2.55 bits per heavy atom. The first-order valence-corrected chi connectivity index (χ1v) is 10.8. The number of phenolic OH excluding ortho intramolecular Hbond substituents is 1. The van der Waals surface area contributed by atoms with Crippen molar-refractivity contribution in [2.75, 3.05) is 12.4 Å². The van der Waals surface area contributed by atoms with E-state index in [1.165, 1.54) is 37.4 Å². The molecule has 0 unspecified atom stereocenters. The molecule has 4 rings (SSSR count). The van der Waals surface area contributed by atoms with E-state index in [9.17, 15) is 19.1 Å². The fourth-order valence-corrected chi connectivity index (χ4v) is 4.68. The Labute approximate surface area is 192 Å². The highest BCUT2D eigenvalue weighted by Crippen LogP contribution is 2.47. The van der Waals surface area contributed by atoms with Gasteiger partial charge < -0.3 is 20.5 Å². The molecule has 33 heavy (non-hydrogen) atoms. The number of anilines is 1. The summed E-state index contributed by atoms with van der Waals surface area (Å²) in [5.41, 5.74) is 3.29. The molecule has 7 heteroatoms. The Morgan fingerprint density at radius 1 is 1.18 bits per heavy atom. The topological polar surface area (TPSA) is 87.7 Å².